The summed E-state index contributed by atoms with van der Waals surface area (Å²) < 4.78 is 38.0. The average Bonchev–Trinajstić information content (AvgIpc) is 2.61. The molecule has 2 aromatic rings. The van der Waals surface area contributed by atoms with Gasteiger partial charge in [0.05, 0.1) is 17.2 Å². The molecule has 28 heavy (non-hydrogen) atoms. The highest BCUT2D eigenvalue weighted by Gasteiger charge is 2.17. The number of carbonyl (C=O) groups excluding carboxylic acids is 1. The molecule has 0 aromatic heterocycles. The van der Waals surface area contributed by atoms with Gasteiger partial charge in [-0.3, -0.25) is 4.79 Å². The molecule has 2 N–H and O–H groups in total. The average molecular weight is 407 g/mol. The minimum atomic E-state index is -3.58. The van der Waals surface area contributed by atoms with Crippen molar-refractivity contribution in [3.05, 3.63) is 48.0 Å². The second-order valence-electron chi connectivity index (χ2n) is 6.47. The summed E-state index contributed by atoms with van der Waals surface area (Å²) in [5, 5.41) is 2.75. The standard InChI is InChI=1S/C20H26N2O5S/c1-5-26-19-9-7-6-8-17(19)21-20(23)13-27-18-11-10-16(12-15(18)4)28(24,25)22-14(2)3/h6-12,14,22H,5,13H2,1-4H3,(H,21,23). The van der Waals surface area contributed by atoms with Gasteiger partial charge < -0.3 is 14.8 Å². The number of aryl methyl sites for hydroxylation is 1. The number of rotatable bonds is 9. The van der Waals surface area contributed by atoms with Crippen LogP contribution in [0.1, 0.15) is 26.3 Å². The fourth-order valence-corrected chi connectivity index (χ4v) is 3.85. The number of hydrogen-bond donors (Lipinski definition) is 2. The van der Waals surface area contributed by atoms with Gasteiger partial charge in [0, 0.05) is 6.04 Å². The minimum Gasteiger partial charge on any atom is -0.492 e. The van der Waals surface area contributed by atoms with Crippen LogP contribution in [0.5, 0.6) is 11.5 Å². The highest BCUT2D eigenvalue weighted by atomic mass is 32.2. The van der Waals surface area contributed by atoms with Crippen LogP contribution in [0.4, 0.5) is 5.69 Å². The van der Waals surface area contributed by atoms with Crippen LogP contribution in [0.2, 0.25) is 0 Å². The first-order valence-corrected chi connectivity index (χ1v) is 10.5. The molecule has 7 nitrogen and oxygen atoms in total. The first kappa shape index (κ1) is 21.7. The van der Waals surface area contributed by atoms with Crippen molar-refractivity contribution < 1.29 is 22.7 Å². The molecule has 0 fully saturated rings. The maximum atomic E-state index is 12.2. The Hall–Kier alpha value is -2.58. The largest absolute Gasteiger partial charge is 0.492 e. The minimum absolute atomic E-state index is 0.154. The molecule has 2 rings (SSSR count). The van der Waals surface area contributed by atoms with Gasteiger partial charge in [0.1, 0.15) is 11.5 Å². The van der Waals surface area contributed by atoms with E-state index in [4.69, 9.17) is 9.47 Å². The van der Waals surface area contributed by atoms with Gasteiger partial charge in [-0.15, -0.1) is 0 Å². The van der Waals surface area contributed by atoms with Crippen LogP contribution < -0.4 is 19.5 Å². The number of amides is 1. The zero-order chi connectivity index (χ0) is 20.7. The Kier molecular flexibility index (Phi) is 7.42. The van der Waals surface area contributed by atoms with Crippen LogP contribution in [-0.4, -0.2) is 33.6 Å². The van der Waals surface area contributed by atoms with Crippen LogP contribution in [0.15, 0.2) is 47.4 Å². The summed E-state index contributed by atoms with van der Waals surface area (Å²) in [5.41, 5.74) is 1.19. The molecule has 0 aliphatic rings. The predicted molar refractivity (Wildman–Crippen MR) is 108 cm³/mol. The zero-order valence-electron chi connectivity index (χ0n) is 16.5. The fraction of sp³-hybridized carbons (Fsp3) is 0.350. The van der Waals surface area contributed by atoms with Crippen molar-refractivity contribution >= 4 is 21.6 Å². The summed E-state index contributed by atoms with van der Waals surface area (Å²) in [6.45, 7) is 7.38. The summed E-state index contributed by atoms with van der Waals surface area (Å²) >= 11 is 0. The lowest BCUT2D eigenvalue weighted by Crippen LogP contribution is -2.30. The lowest BCUT2D eigenvalue weighted by molar-refractivity contribution is -0.118. The number of benzene rings is 2. The second kappa shape index (κ2) is 9.57. The summed E-state index contributed by atoms with van der Waals surface area (Å²) in [6.07, 6.45) is 0. The van der Waals surface area contributed by atoms with Crippen LogP contribution in [0.25, 0.3) is 0 Å². The van der Waals surface area contributed by atoms with Crippen molar-refractivity contribution in [2.45, 2.75) is 38.6 Å². The molecule has 8 heteroatoms. The highest BCUT2D eigenvalue weighted by molar-refractivity contribution is 7.89. The fourth-order valence-electron chi connectivity index (χ4n) is 2.51. The van der Waals surface area contributed by atoms with Crippen molar-refractivity contribution in [1.29, 1.82) is 0 Å². The molecule has 0 aliphatic carbocycles. The van der Waals surface area contributed by atoms with Crippen molar-refractivity contribution in [3.63, 3.8) is 0 Å². The van der Waals surface area contributed by atoms with E-state index in [0.29, 0.717) is 29.4 Å². The molecule has 0 atom stereocenters. The third-order valence-electron chi connectivity index (χ3n) is 3.67. The molecule has 0 saturated heterocycles. The van der Waals surface area contributed by atoms with E-state index in [-0.39, 0.29) is 23.5 Å². The quantitative estimate of drug-likeness (QED) is 0.667. The summed E-state index contributed by atoms with van der Waals surface area (Å²) in [4.78, 5) is 12.4. The van der Waals surface area contributed by atoms with Crippen molar-refractivity contribution in [2.75, 3.05) is 18.5 Å². The Morgan fingerprint density at radius 3 is 2.43 bits per heavy atom. The van der Waals surface area contributed by atoms with Crippen LogP contribution >= 0.6 is 0 Å². The third-order valence-corrected chi connectivity index (χ3v) is 5.32. The Bertz CT molecular complexity index is 926. The second-order valence-corrected chi connectivity index (χ2v) is 8.18. The number of sulfonamides is 1. The van der Waals surface area contributed by atoms with E-state index < -0.39 is 10.0 Å². The van der Waals surface area contributed by atoms with Crippen LogP contribution in [0.3, 0.4) is 0 Å². The topological polar surface area (TPSA) is 93.7 Å². The number of nitrogens with one attached hydrogen (secondary N) is 2. The Morgan fingerprint density at radius 2 is 1.79 bits per heavy atom. The summed E-state index contributed by atoms with van der Waals surface area (Å²) in [6, 6.07) is 11.5. The maximum Gasteiger partial charge on any atom is 0.262 e. The number of para-hydroxylation sites is 2. The van der Waals surface area contributed by atoms with E-state index in [9.17, 15) is 13.2 Å². The van der Waals surface area contributed by atoms with E-state index in [2.05, 4.69) is 10.0 Å². The Balaban J connectivity index is 2.02. The molecule has 0 saturated carbocycles. The van der Waals surface area contributed by atoms with Gasteiger partial charge in [-0.25, -0.2) is 13.1 Å². The number of ether oxygens (including phenoxy) is 2. The molecule has 152 valence electrons. The third kappa shape index (κ3) is 5.97. The smallest absolute Gasteiger partial charge is 0.262 e. The van der Waals surface area contributed by atoms with Gasteiger partial charge in [-0.2, -0.15) is 0 Å². The summed E-state index contributed by atoms with van der Waals surface area (Å²) in [7, 11) is -3.58. The van der Waals surface area contributed by atoms with Crippen LogP contribution in [-0.2, 0) is 14.8 Å². The molecule has 0 heterocycles. The molecule has 0 bridgehead atoms. The molecular formula is C20H26N2O5S. The van der Waals surface area contributed by atoms with Gasteiger partial charge in [-0.05, 0) is 63.6 Å². The van der Waals surface area contributed by atoms with E-state index >= 15 is 0 Å². The monoisotopic (exact) mass is 406 g/mol. The lowest BCUT2D eigenvalue weighted by atomic mass is 10.2. The lowest BCUT2D eigenvalue weighted by Gasteiger charge is -2.14. The van der Waals surface area contributed by atoms with E-state index in [0.717, 1.165) is 0 Å². The number of carbonyl (C=O) groups is 1. The first-order valence-electron chi connectivity index (χ1n) is 9.00. The van der Waals surface area contributed by atoms with E-state index in [1.54, 1.807) is 45.0 Å². The predicted octanol–water partition coefficient (Wildman–Crippen LogP) is 3.10. The van der Waals surface area contributed by atoms with E-state index in [1.165, 1.54) is 12.1 Å². The molecule has 0 aliphatic heterocycles. The van der Waals surface area contributed by atoms with Crippen molar-refractivity contribution in [2.24, 2.45) is 0 Å². The van der Waals surface area contributed by atoms with Crippen molar-refractivity contribution in [1.82, 2.24) is 4.72 Å². The molecule has 2 aromatic carbocycles. The number of anilines is 1. The highest BCUT2D eigenvalue weighted by Crippen LogP contribution is 2.24. The molecule has 0 spiro atoms. The first-order chi connectivity index (χ1) is 13.2. The van der Waals surface area contributed by atoms with Crippen LogP contribution in [0, 0.1) is 6.92 Å². The van der Waals surface area contributed by atoms with Gasteiger partial charge in [0.2, 0.25) is 10.0 Å². The Morgan fingerprint density at radius 1 is 1.07 bits per heavy atom. The van der Waals surface area contributed by atoms with Crippen molar-refractivity contribution in [3.8, 4) is 11.5 Å². The van der Waals surface area contributed by atoms with Gasteiger partial charge in [0.15, 0.2) is 6.61 Å². The summed E-state index contributed by atoms with van der Waals surface area (Å²) in [5.74, 6) is 0.684. The normalized spacial score (nSPS) is 11.3. The Labute approximate surface area is 166 Å². The maximum absolute atomic E-state index is 12.2. The number of hydrogen-bond acceptors (Lipinski definition) is 5. The van der Waals surface area contributed by atoms with E-state index in [1.807, 2.05) is 13.0 Å². The zero-order valence-corrected chi connectivity index (χ0v) is 17.3. The molecule has 1 amide bonds. The molecular weight excluding hydrogens is 380 g/mol. The van der Waals surface area contributed by atoms with Gasteiger partial charge >= 0.3 is 0 Å². The SMILES string of the molecule is CCOc1ccccc1NC(=O)COc1ccc(S(=O)(=O)NC(C)C)cc1C. The van der Waals surface area contributed by atoms with Gasteiger partial charge in [-0.1, -0.05) is 12.1 Å². The molecule has 0 unspecified atom stereocenters. The van der Waals surface area contributed by atoms with Gasteiger partial charge in [0.25, 0.3) is 5.91 Å². The molecule has 0 radical (unpaired) electrons.